The molecule has 0 saturated carbocycles. The molecule has 3 rings (SSSR count). The summed E-state index contributed by atoms with van der Waals surface area (Å²) in [4.78, 5) is 12.2. The molecule has 1 aromatic heterocycles. The molecule has 2 aromatic carbocycles. The normalized spacial score (nSPS) is 10.7. The number of aromatic nitrogens is 2. The first-order chi connectivity index (χ1) is 12.3. The third kappa shape index (κ3) is 4.17. The zero-order valence-corrected chi connectivity index (χ0v) is 16.5. The van der Waals surface area contributed by atoms with Gasteiger partial charge in [0.25, 0.3) is 0 Å². The predicted octanol–water partition coefficient (Wildman–Crippen LogP) is 5.94. The van der Waals surface area contributed by atoms with Gasteiger partial charge < -0.3 is 10.6 Å². The van der Waals surface area contributed by atoms with E-state index >= 15 is 0 Å². The second-order valence-electron chi connectivity index (χ2n) is 5.40. The molecule has 26 heavy (non-hydrogen) atoms. The van der Waals surface area contributed by atoms with Crippen LogP contribution in [0.3, 0.4) is 0 Å². The molecule has 1 heterocycles. The van der Waals surface area contributed by atoms with E-state index in [2.05, 4.69) is 31.7 Å². The van der Waals surface area contributed by atoms with Gasteiger partial charge in [0.2, 0.25) is 0 Å². The van der Waals surface area contributed by atoms with E-state index < -0.39 is 11.8 Å². The molecule has 0 spiro atoms. The second kappa shape index (κ2) is 7.65. The number of amides is 2. The van der Waals surface area contributed by atoms with E-state index in [9.17, 15) is 9.18 Å². The van der Waals surface area contributed by atoms with Crippen LogP contribution >= 0.6 is 39.1 Å². The first-order valence-electron chi connectivity index (χ1n) is 7.35. The fourth-order valence-electron chi connectivity index (χ4n) is 2.41. The highest BCUT2D eigenvalue weighted by molar-refractivity contribution is 9.10. The molecular weight excluding hydrogens is 446 g/mol. The first-order valence-corrected chi connectivity index (χ1v) is 8.90. The fourth-order valence-corrected chi connectivity index (χ4v) is 3.44. The van der Waals surface area contributed by atoms with Gasteiger partial charge in [-0.15, -0.1) is 0 Å². The topological polar surface area (TPSA) is 59.0 Å². The molecule has 0 aliphatic carbocycles. The molecule has 0 unspecified atom stereocenters. The Morgan fingerprint density at radius 1 is 1.19 bits per heavy atom. The maximum Gasteiger partial charge on any atom is 0.323 e. The third-order valence-corrected chi connectivity index (χ3v) is 4.63. The molecule has 2 amide bonds. The van der Waals surface area contributed by atoms with Crippen molar-refractivity contribution in [1.82, 2.24) is 9.78 Å². The number of nitrogens with zero attached hydrogens (tertiary/aromatic N) is 2. The molecule has 0 aliphatic heterocycles. The predicted molar refractivity (Wildman–Crippen MR) is 105 cm³/mol. The number of hydrogen-bond acceptors (Lipinski definition) is 2. The van der Waals surface area contributed by atoms with Gasteiger partial charge >= 0.3 is 6.03 Å². The number of rotatable bonds is 3. The Bertz CT molecular complexity index is 973. The van der Waals surface area contributed by atoms with Gasteiger partial charge in [-0.2, -0.15) is 5.10 Å². The average molecular weight is 458 g/mol. The van der Waals surface area contributed by atoms with Crippen molar-refractivity contribution in [3.8, 4) is 11.3 Å². The Balaban J connectivity index is 1.82. The van der Waals surface area contributed by atoms with Crippen LogP contribution in [0, 0.1) is 5.82 Å². The minimum atomic E-state index is -0.560. The van der Waals surface area contributed by atoms with Crippen LogP contribution < -0.4 is 10.6 Å². The fraction of sp³-hybridized carbons (Fsp3) is 0.0588. The molecule has 0 bridgehead atoms. The van der Waals surface area contributed by atoms with Crippen LogP contribution in [0.15, 0.2) is 47.1 Å². The zero-order chi connectivity index (χ0) is 18.8. The average Bonchev–Trinajstić information content (AvgIpc) is 2.88. The summed E-state index contributed by atoms with van der Waals surface area (Å²) in [7, 11) is 1.74. The molecule has 2 N–H and O–H groups in total. The second-order valence-corrected chi connectivity index (χ2v) is 7.09. The summed E-state index contributed by atoms with van der Waals surface area (Å²) in [5.41, 5.74) is 1.93. The Kier molecular flexibility index (Phi) is 5.50. The molecule has 0 saturated heterocycles. The van der Waals surface area contributed by atoms with Gasteiger partial charge in [0.1, 0.15) is 5.82 Å². The lowest BCUT2D eigenvalue weighted by Crippen LogP contribution is -2.19. The van der Waals surface area contributed by atoms with Crippen LogP contribution in [0.5, 0.6) is 0 Å². The van der Waals surface area contributed by atoms with E-state index in [0.29, 0.717) is 31.5 Å². The lowest BCUT2D eigenvalue weighted by molar-refractivity contribution is 0.262. The van der Waals surface area contributed by atoms with Crippen molar-refractivity contribution in [2.75, 3.05) is 10.6 Å². The van der Waals surface area contributed by atoms with Crippen molar-refractivity contribution < 1.29 is 9.18 Å². The summed E-state index contributed by atoms with van der Waals surface area (Å²) in [6, 6.07) is 8.36. The summed E-state index contributed by atoms with van der Waals surface area (Å²) in [6.45, 7) is 0. The quantitative estimate of drug-likeness (QED) is 0.511. The van der Waals surface area contributed by atoms with E-state index in [4.69, 9.17) is 23.2 Å². The van der Waals surface area contributed by atoms with Gasteiger partial charge in [-0.25, -0.2) is 9.18 Å². The molecule has 134 valence electrons. The summed E-state index contributed by atoms with van der Waals surface area (Å²) >= 11 is 15.2. The standard InChI is InChI=1S/C17H12BrCl2FN4O/c1-25-16(13(18)8-22-25)9-4-11(21)7-12(5-9)23-17(26)24-15-3-2-10(19)6-14(15)20/h2-8H,1H3,(H2,23,24,26). The van der Waals surface area contributed by atoms with Crippen molar-refractivity contribution in [2.24, 2.45) is 7.05 Å². The van der Waals surface area contributed by atoms with Crippen LogP contribution in [0.4, 0.5) is 20.6 Å². The smallest absolute Gasteiger partial charge is 0.308 e. The van der Waals surface area contributed by atoms with E-state index in [1.807, 2.05) is 0 Å². The van der Waals surface area contributed by atoms with Gasteiger partial charge in [0, 0.05) is 23.3 Å². The maximum absolute atomic E-state index is 14.0. The largest absolute Gasteiger partial charge is 0.323 e. The highest BCUT2D eigenvalue weighted by atomic mass is 79.9. The van der Waals surface area contributed by atoms with Gasteiger partial charge in [-0.05, 0) is 52.3 Å². The number of anilines is 2. The number of benzene rings is 2. The van der Waals surface area contributed by atoms with E-state index in [1.165, 1.54) is 18.2 Å². The number of carbonyl (C=O) groups is 1. The van der Waals surface area contributed by atoms with Gasteiger partial charge in [-0.3, -0.25) is 4.68 Å². The molecule has 0 aliphatic rings. The van der Waals surface area contributed by atoms with Gasteiger partial charge in [0.15, 0.2) is 0 Å². The van der Waals surface area contributed by atoms with Gasteiger partial charge in [-0.1, -0.05) is 23.2 Å². The summed E-state index contributed by atoms with van der Waals surface area (Å²) in [5.74, 6) is -0.490. The summed E-state index contributed by atoms with van der Waals surface area (Å²) in [6.07, 6.45) is 1.61. The SMILES string of the molecule is Cn1ncc(Br)c1-c1cc(F)cc(NC(=O)Nc2ccc(Cl)cc2Cl)c1. The third-order valence-electron chi connectivity index (χ3n) is 3.50. The van der Waals surface area contributed by atoms with Crippen molar-refractivity contribution in [3.63, 3.8) is 0 Å². The van der Waals surface area contributed by atoms with Crippen LogP contribution in [0.1, 0.15) is 0 Å². The van der Waals surface area contributed by atoms with Crippen LogP contribution in [0.2, 0.25) is 10.0 Å². The Labute approximate surface area is 167 Å². The van der Waals surface area contributed by atoms with Crippen molar-refractivity contribution in [2.45, 2.75) is 0 Å². The molecule has 0 radical (unpaired) electrons. The highest BCUT2D eigenvalue weighted by Gasteiger charge is 2.13. The number of aryl methyl sites for hydroxylation is 1. The van der Waals surface area contributed by atoms with E-state index in [-0.39, 0.29) is 5.69 Å². The number of hydrogen-bond donors (Lipinski definition) is 2. The van der Waals surface area contributed by atoms with Crippen molar-refractivity contribution in [3.05, 3.63) is 62.9 Å². The highest BCUT2D eigenvalue weighted by Crippen LogP contribution is 2.30. The molecule has 0 atom stereocenters. The van der Waals surface area contributed by atoms with Crippen LogP contribution in [-0.4, -0.2) is 15.8 Å². The number of halogens is 4. The molecule has 3 aromatic rings. The summed E-state index contributed by atoms with van der Waals surface area (Å²) in [5, 5.41) is 10.0. The maximum atomic E-state index is 14.0. The molecular formula is C17H12BrCl2FN4O. The lowest BCUT2D eigenvalue weighted by Gasteiger charge is -2.11. The van der Waals surface area contributed by atoms with Crippen LogP contribution in [-0.2, 0) is 7.05 Å². The van der Waals surface area contributed by atoms with Crippen molar-refractivity contribution >= 4 is 56.5 Å². The Morgan fingerprint density at radius 2 is 1.96 bits per heavy atom. The number of urea groups is 1. The molecule has 9 heteroatoms. The van der Waals surface area contributed by atoms with E-state index in [0.717, 1.165) is 0 Å². The number of carbonyl (C=O) groups excluding carboxylic acids is 1. The first kappa shape index (κ1) is 18.7. The molecule has 5 nitrogen and oxygen atoms in total. The Morgan fingerprint density at radius 3 is 2.62 bits per heavy atom. The molecule has 0 fully saturated rings. The number of nitrogens with one attached hydrogen (secondary N) is 2. The zero-order valence-electron chi connectivity index (χ0n) is 13.4. The minimum absolute atomic E-state index is 0.288. The van der Waals surface area contributed by atoms with Crippen molar-refractivity contribution in [1.29, 1.82) is 0 Å². The minimum Gasteiger partial charge on any atom is -0.308 e. The van der Waals surface area contributed by atoms with E-state index in [1.54, 1.807) is 36.1 Å². The van der Waals surface area contributed by atoms with Gasteiger partial charge in [0.05, 0.1) is 27.1 Å². The van der Waals surface area contributed by atoms with Crippen LogP contribution in [0.25, 0.3) is 11.3 Å². The summed E-state index contributed by atoms with van der Waals surface area (Å²) < 4.78 is 16.3. The Hall–Kier alpha value is -2.09. The monoisotopic (exact) mass is 456 g/mol. The lowest BCUT2D eigenvalue weighted by atomic mass is 10.1.